The van der Waals surface area contributed by atoms with E-state index in [0.29, 0.717) is 12.0 Å². The van der Waals surface area contributed by atoms with Crippen LogP contribution >= 0.6 is 0 Å². The van der Waals surface area contributed by atoms with E-state index in [9.17, 15) is 4.79 Å². The van der Waals surface area contributed by atoms with Gasteiger partial charge in [-0.05, 0) is 29.6 Å². The van der Waals surface area contributed by atoms with Crippen molar-refractivity contribution in [2.45, 2.75) is 19.4 Å². The largest absolute Gasteiger partial charge is 0.465 e. The molecule has 0 saturated heterocycles. The van der Waals surface area contributed by atoms with E-state index in [-0.39, 0.29) is 12.0 Å². The Hall–Kier alpha value is -2.00. The number of hydrogen-bond acceptors (Lipinski definition) is 3. The first-order chi connectivity index (χ1) is 7.67. The molecular formula is C11H13N3O2. The lowest BCUT2D eigenvalue weighted by Gasteiger charge is -2.05. The topological polar surface area (TPSA) is 75.1 Å². The van der Waals surface area contributed by atoms with Gasteiger partial charge in [0.25, 0.3) is 0 Å². The molecule has 0 saturated carbocycles. The van der Waals surface area contributed by atoms with Crippen LogP contribution in [0.4, 0.5) is 0 Å². The zero-order chi connectivity index (χ0) is 12.0. The Morgan fingerprint density at radius 1 is 1.50 bits per heavy atom. The quantitative estimate of drug-likeness (QED) is 0.338. The zero-order valence-electron chi connectivity index (χ0n) is 9.25. The van der Waals surface area contributed by atoms with E-state index >= 15 is 0 Å². The third-order valence-corrected chi connectivity index (χ3v) is 2.15. The second-order valence-electron chi connectivity index (χ2n) is 3.45. The Morgan fingerprint density at radius 3 is 2.62 bits per heavy atom. The summed E-state index contributed by atoms with van der Waals surface area (Å²) < 4.78 is 4.59. The molecule has 0 bridgehead atoms. The van der Waals surface area contributed by atoms with Gasteiger partial charge in [0, 0.05) is 11.0 Å². The molecule has 0 spiro atoms. The van der Waals surface area contributed by atoms with Crippen molar-refractivity contribution >= 4 is 5.97 Å². The number of methoxy groups -OCH3 is 1. The monoisotopic (exact) mass is 219 g/mol. The van der Waals surface area contributed by atoms with Crippen LogP contribution in [0.5, 0.6) is 0 Å². The molecular weight excluding hydrogens is 206 g/mol. The highest BCUT2D eigenvalue weighted by atomic mass is 16.5. The molecule has 5 nitrogen and oxygen atoms in total. The first-order valence-corrected chi connectivity index (χ1v) is 4.89. The van der Waals surface area contributed by atoms with E-state index in [1.54, 1.807) is 12.1 Å². The molecule has 5 heteroatoms. The highest BCUT2D eigenvalue weighted by molar-refractivity contribution is 5.89. The second kappa shape index (κ2) is 5.78. The van der Waals surface area contributed by atoms with Crippen molar-refractivity contribution in [1.82, 2.24) is 0 Å². The molecule has 0 heterocycles. The van der Waals surface area contributed by atoms with Crippen molar-refractivity contribution in [1.29, 1.82) is 0 Å². The Kier molecular flexibility index (Phi) is 4.36. The Bertz CT molecular complexity index is 408. The molecule has 16 heavy (non-hydrogen) atoms. The van der Waals surface area contributed by atoms with Gasteiger partial charge in [-0.15, -0.1) is 0 Å². The molecule has 84 valence electrons. The number of nitrogens with zero attached hydrogens (tertiary/aromatic N) is 3. The summed E-state index contributed by atoms with van der Waals surface area (Å²) in [5, 5.41) is 3.58. The average molecular weight is 219 g/mol. The molecule has 0 N–H and O–H groups in total. The van der Waals surface area contributed by atoms with Crippen LogP contribution in [-0.4, -0.2) is 19.1 Å². The van der Waals surface area contributed by atoms with E-state index in [4.69, 9.17) is 5.53 Å². The number of azide groups is 1. The lowest BCUT2D eigenvalue weighted by molar-refractivity contribution is 0.0600. The van der Waals surface area contributed by atoms with Gasteiger partial charge in [-0.3, -0.25) is 0 Å². The normalized spacial score (nSPS) is 11.4. The number of benzene rings is 1. The maximum absolute atomic E-state index is 11.2. The molecule has 1 rings (SSSR count). The molecule has 0 radical (unpaired) electrons. The molecule has 1 aromatic carbocycles. The smallest absolute Gasteiger partial charge is 0.337 e. The number of hydrogen-bond donors (Lipinski definition) is 0. The van der Waals surface area contributed by atoms with Crippen molar-refractivity contribution in [3.05, 3.63) is 45.8 Å². The fourth-order valence-electron chi connectivity index (χ4n) is 1.36. The summed E-state index contributed by atoms with van der Waals surface area (Å²) in [5.41, 5.74) is 9.80. The molecule has 0 unspecified atom stereocenters. The van der Waals surface area contributed by atoms with Crippen LogP contribution in [0, 0.1) is 0 Å². The number of carbonyl (C=O) groups excluding carboxylic acids is 1. The van der Waals surface area contributed by atoms with Gasteiger partial charge in [-0.25, -0.2) is 4.79 Å². The number of carbonyl (C=O) groups is 1. The minimum absolute atomic E-state index is 0.0889. The molecule has 0 aromatic heterocycles. The molecule has 0 aliphatic carbocycles. The van der Waals surface area contributed by atoms with Gasteiger partial charge in [-0.1, -0.05) is 24.2 Å². The van der Waals surface area contributed by atoms with Crippen LogP contribution < -0.4 is 0 Å². The van der Waals surface area contributed by atoms with E-state index in [1.165, 1.54) is 7.11 Å². The number of esters is 1. The standard InChI is InChI=1S/C11H13N3O2/c1-8(13-14-12)7-9-3-5-10(6-4-9)11(15)16-2/h3-6,8H,7H2,1-2H3/t8-/m1/s1. The molecule has 1 atom stereocenters. The maximum Gasteiger partial charge on any atom is 0.337 e. The van der Waals surface area contributed by atoms with Crippen LogP contribution in [0.3, 0.4) is 0 Å². The summed E-state index contributed by atoms with van der Waals surface area (Å²) >= 11 is 0. The first-order valence-electron chi connectivity index (χ1n) is 4.89. The fourth-order valence-corrected chi connectivity index (χ4v) is 1.36. The van der Waals surface area contributed by atoms with Crippen LogP contribution in [0.2, 0.25) is 0 Å². The molecule has 0 amide bonds. The minimum Gasteiger partial charge on any atom is -0.465 e. The molecule has 1 aromatic rings. The van der Waals surface area contributed by atoms with Gasteiger partial charge in [0.05, 0.1) is 12.7 Å². The van der Waals surface area contributed by atoms with Crippen LogP contribution in [0.1, 0.15) is 22.8 Å². The van der Waals surface area contributed by atoms with Crippen LogP contribution in [-0.2, 0) is 11.2 Å². The van der Waals surface area contributed by atoms with E-state index in [0.717, 1.165) is 5.56 Å². The van der Waals surface area contributed by atoms with E-state index < -0.39 is 0 Å². The lowest BCUT2D eigenvalue weighted by Crippen LogP contribution is -2.04. The summed E-state index contributed by atoms with van der Waals surface area (Å²) in [6, 6.07) is 6.97. The summed E-state index contributed by atoms with van der Waals surface area (Å²) in [6.07, 6.45) is 0.658. The van der Waals surface area contributed by atoms with Gasteiger partial charge in [0.1, 0.15) is 0 Å². The van der Waals surface area contributed by atoms with Crippen molar-refractivity contribution in [3.8, 4) is 0 Å². The Balaban J connectivity index is 2.71. The van der Waals surface area contributed by atoms with Crippen molar-refractivity contribution in [2.75, 3.05) is 7.11 Å². The predicted octanol–water partition coefficient (Wildman–Crippen LogP) is 2.71. The van der Waals surface area contributed by atoms with Crippen LogP contribution in [0.25, 0.3) is 10.4 Å². The van der Waals surface area contributed by atoms with Crippen molar-refractivity contribution < 1.29 is 9.53 Å². The number of rotatable bonds is 4. The van der Waals surface area contributed by atoms with Gasteiger partial charge in [0.15, 0.2) is 0 Å². The third kappa shape index (κ3) is 3.29. The van der Waals surface area contributed by atoms with Gasteiger partial charge in [-0.2, -0.15) is 0 Å². The van der Waals surface area contributed by atoms with Gasteiger partial charge < -0.3 is 4.74 Å². The third-order valence-electron chi connectivity index (χ3n) is 2.15. The molecule has 0 aliphatic rings. The minimum atomic E-state index is -0.352. The zero-order valence-corrected chi connectivity index (χ0v) is 9.25. The van der Waals surface area contributed by atoms with Crippen molar-refractivity contribution in [3.63, 3.8) is 0 Å². The summed E-state index contributed by atoms with van der Waals surface area (Å²) in [4.78, 5) is 13.9. The fraction of sp³-hybridized carbons (Fsp3) is 0.364. The van der Waals surface area contributed by atoms with Gasteiger partial charge >= 0.3 is 5.97 Å². The number of ether oxygens (including phenoxy) is 1. The lowest BCUT2D eigenvalue weighted by atomic mass is 10.1. The second-order valence-corrected chi connectivity index (χ2v) is 3.45. The van der Waals surface area contributed by atoms with Crippen LogP contribution in [0.15, 0.2) is 29.4 Å². The highest BCUT2D eigenvalue weighted by Crippen LogP contribution is 2.09. The maximum atomic E-state index is 11.2. The average Bonchev–Trinajstić information content (AvgIpc) is 2.29. The Labute approximate surface area is 93.7 Å². The summed E-state index contributed by atoms with van der Waals surface area (Å²) in [5.74, 6) is -0.352. The summed E-state index contributed by atoms with van der Waals surface area (Å²) in [7, 11) is 1.35. The first kappa shape index (κ1) is 12.1. The Morgan fingerprint density at radius 2 is 2.12 bits per heavy atom. The van der Waals surface area contributed by atoms with Gasteiger partial charge in [0.2, 0.25) is 0 Å². The van der Waals surface area contributed by atoms with Crippen molar-refractivity contribution in [2.24, 2.45) is 5.11 Å². The van der Waals surface area contributed by atoms with E-state index in [2.05, 4.69) is 14.8 Å². The highest BCUT2D eigenvalue weighted by Gasteiger charge is 2.05. The molecule has 0 fully saturated rings. The SMILES string of the molecule is COC(=O)c1ccc(C[C@@H](C)N=[N+]=[N-])cc1. The molecule has 0 aliphatic heterocycles. The predicted molar refractivity (Wildman–Crippen MR) is 60.1 cm³/mol. The summed E-state index contributed by atoms with van der Waals surface area (Å²) in [6.45, 7) is 1.84. The van der Waals surface area contributed by atoms with E-state index in [1.807, 2.05) is 19.1 Å².